The summed E-state index contributed by atoms with van der Waals surface area (Å²) >= 11 is 6.57. The van der Waals surface area contributed by atoms with Crippen molar-refractivity contribution in [3.63, 3.8) is 0 Å². The number of thiocarbonyl (C=S) groups is 1. The van der Waals surface area contributed by atoms with Crippen molar-refractivity contribution in [1.29, 1.82) is 0 Å². The molecule has 1 atom stereocenters. The highest BCUT2D eigenvalue weighted by molar-refractivity contribution is 8.26. The van der Waals surface area contributed by atoms with Crippen LogP contribution in [0, 0.1) is 0 Å². The second-order valence-corrected chi connectivity index (χ2v) is 6.94. The summed E-state index contributed by atoms with van der Waals surface area (Å²) in [7, 11) is 0. The van der Waals surface area contributed by atoms with Gasteiger partial charge in [0, 0.05) is 12.2 Å². The molecule has 2 heterocycles. The van der Waals surface area contributed by atoms with Crippen LogP contribution in [-0.4, -0.2) is 27.6 Å². The predicted octanol–water partition coefficient (Wildman–Crippen LogP) is 3.27. The molecule has 1 aromatic carbocycles. The summed E-state index contributed by atoms with van der Waals surface area (Å²) in [4.78, 5) is 26.8. The molecule has 0 bridgehead atoms. The number of unbranched alkanes of at least 4 members (excludes halogenated alkanes) is 1. The summed E-state index contributed by atoms with van der Waals surface area (Å²) in [5, 5.41) is 2.84. The molecule has 22 heavy (non-hydrogen) atoms. The molecule has 1 saturated heterocycles. The molecule has 3 rings (SSSR count). The fourth-order valence-corrected chi connectivity index (χ4v) is 3.89. The molecular weight excluding hydrogens is 316 g/mol. The smallest absolute Gasteiger partial charge is 0.265 e. The Kier molecular flexibility index (Phi) is 4.31. The van der Waals surface area contributed by atoms with Gasteiger partial charge in [0.05, 0.1) is 10.8 Å². The Bertz CT molecular complexity index is 684. The Morgan fingerprint density at radius 1 is 1.36 bits per heavy atom. The van der Waals surface area contributed by atoms with E-state index in [1.807, 2.05) is 24.3 Å². The molecule has 0 radical (unpaired) electrons. The molecule has 1 aromatic rings. The van der Waals surface area contributed by atoms with E-state index in [0.717, 1.165) is 24.1 Å². The van der Waals surface area contributed by atoms with E-state index in [0.29, 0.717) is 15.8 Å². The van der Waals surface area contributed by atoms with Crippen LogP contribution in [0.1, 0.15) is 31.2 Å². The first kappa shape index (κ1) is 15.2. The van der Waals surface area contributed by atoms with Gasteiger partial charge in [0.1, 0.15) is 4.32 Å². The molecule has 2 aliphatic rings. The fraction of sp³-hybridized carbons (Fsp3) is 0.312. The molecule has 2 amide bonds. The number of nitrogens with one attached hydrogen (secondary N) is 1. The molecule has 6 heteroatoms. The number of anilines is 1. The average molecular weight is 332 g/mol. The third-order valence-corrected chi connectivity index (χ3v) is 5.16. The Labute approximate surface area is 138 Å². The number of nitrogens with zero attached hydrogens (tertiary/aromatic N) is 1. The zero-order valence-corrected chi connectivity index (χ0v) is 13.8. The van der Waals surface area contributed by atoms with Crippen molar-refractivity contribution < 1.29 is 9.59 Å². The number of benzene rings is 1. The van der Waals surface area contributed by atoms with E-state index < -0.39 is 5.92 Å². The topological polar surface area (TPSA) is 49.4 Å². The first-order valence-electron chi connectivity index (χ1n) is 7.27. The predicted molar refractivity (Wildman–Crippen MR) is 92.7 cm³/mol. The van der Waals surface area contributed by atoms with E-state index in [1.165, 1.54) is 11.8 Å². The number of amides is 2. The van der Waals surface area contributed by atoms with E-state index in [4.69, 9.17) is 12.2 Å². The van der Waals surface area contributed by atoms with Crippen molar-refractivity contribution in [3.8, 4) is 0 Å². The molecular formula is C16H16N2O2S2. The minimum Gasteiger partial charge on any atom is -0.325 e. The highest BCUT2D eigenvalue weighted by Gasteiger charge is 2.35. The van der Waals surface area contributed by atoms with Gasteiger partial charge in [-0.15, -0.1) is 0 Å². The molecule has 0 unspecified atom stereocenters. The molecule has 2 aliphatic heterocycles. The van der Waals surface area contributed by atoms with Crippen LogP contribution in [0.5, 0.6) is 0 Å². The van der Waals surface area contributed by atoms with Crippen LogP contribution in [0.25, 0.3) is 0 Å². The zero-order chi connectivity index (χ0) is 15.7. The summed E-state index contributed by atoms with van der Waals surface area (Å²) in [6, 6.07) is 7.55. The number of hydrogen-bond acceptors (Lipinski definition) is 4. The minimum atomic E-state index is -0.420. The number of carbonyl (C=O) groups excluding carboxylic acids is 2. The van der Waals surface area contributed by atoms with Crippen LogP contribution >= 0.6 is 24.0 Å². The lowest BCUT2D eigenvalue weighted by molar-refractivity contribution is -0.122. The summed E-state index contributed by atoms with van der Waals surface area (Å²) in [6.07, 6.45) is 3.67. The number of fused-ring (bicyclic) bond motifs is 1. The maximum Gasteiger partial charge on any atom is 0.265 e. The van der Waals surface area contributed by atoms with E-state index in [1.54, 1.807) is 11.0 Å². The second kappa shape index (κ2) is 6.22. The quantitative estimate of drug-likeness (QED) is 0.679. The summed E-state index contributed by atoms with van der Waals surface area (Å²) < 4.78 is 0.580. The lowest BCUT2D eigenvalue weighted by atomic mass is 10.0. The molecule has 4 nitrogen and oxygen atoms in total. The maximum absolute atomic E-state index is 12.4. The van der Waals surface area contributed by atoms with Crippen molar-refractivity contribution in [2.24, 2.45) is 0 Å². The number of hydrogen-bond donors (Lipinski definition) is 1. The third kappa shape index (κ3) is 2.68. The van der Waals surface area contributed by atoms with Crippen molar-refractivity contribution in [2.45, 2.75) is 25.7 Å². The van der Waals surface area contributed by atoms with Crippen LogP contribution in [0.4, 0.5) is 5.69 Å². The van der Waals surface area contributed by atoms with Crippen molar-refractivity contribution in [2.75, 3.05) is 11.9 Å². The van der Waals surface area contributed by atoms with Crippen LogP contribution in [0.15, 0.2) is 35.2 Å². The lowest BCUT2D eigenvalue weighted by Crippen LogP contribution is -2.29. The van der Waals surface area contributed by atoms with Gasteiger partial charge in [0.2, 0.25) is 5.91 Å². The highest BCUT2D eigenvalue weighted by atomic mass is 32.2. The average Bonchev–Trinajstić information content (AvgIpc) is 2.96. The molecule has 0 saturated carbocycles. The Hall–Kier alpha value is -1.66. The van der Waals surface area contributed by atoms with Gasteiger partial charge in [-0.05, 0) is 24.1 Å². The number of para-hydroxylation sites is 1. The first-order chi connectivity index (χ1) is 10.6. The third-order valence-electron chi connectivity index (χ3n) is 3.76. The fourth-order valence-electron chi connectivity index (χ4n) is 2.57. The molecule has 1 fully saturated rings. The van der Waals surface area contributed by atoms with Gasteiger partial charge in [-0.3, -0.25) is 14.5 Å². The largest absolute Gasteiger partial charge is 0.325 e. The molecule has 1 N–H and O–H groups in total. The number of thioether (sulfide) groups is 1. The summed E-state index contributed by atoms with van der Waals surface area (Å²) in [5.41, 5.74) is 1.72. The van der Waals surface area contributed by atoms with Gasteiger partial charge in [-0.1, -0.05) is 55.5 Å². The van der Waals surface area contributed by atoms with Crippen molar-refractivity contribution in [1.82, 2.24) is 4.90 Å². The van der Waals surface area contributed by atoms with Gasteiger partial charge in [0.15, 0.2) is 0 Å². The van der Waals surface area contributed by atoms with E-state index in [9.17, 15) is 9.59 Å². The minimum absolute atomic E-state index is 0.0827. The Balaban J connectivity index is 1.86. The number of rotatable bonds is 4. The highest BCUT2D eigenvalue weighted by Crippen LogP contribution is 2.38. The van der Waals surface area contributed by atoms with E-state index in [2.05, 4.69) is 12.2 Å². The second-order valence-electron chi connectivity index (χ2n) is 5.26. The van der Waals surface area contributed by atoms with Gasteiger partial charge in [0.25, 0.3) is 5.91 Å². The van der Waals surface area contributed by atoms with Crippen molar-refractivity contribution in [3.05, 3.63) is 40.8 Å². The molecule has 114 valence electrons. The SMILES string of the molecule is CCCCN1C(=O)/C(=C/[C@@H]2C(=O)Nc3ccccc32)SC1=S. The van der Waals surface area contributed by atoms with Gasteiger partial charge in [-0.25, -0.2) is 0 Å². The van der Waals surface area contributed by atoms with Crippen LogP contribution in [0.3, 0.4) is 0 Å². The molecule has 0 spiro atoms. The zero-order valence-electron chi connectivity index (χ0n) is 12.2. The first-order valence-corrected chi connectivity index (χ1v) is 8.49. The van der Waals surface area contributed by atoms with Gasteiger partial charge < -0.3 is 5.32 Å². The number of carbonyl (C=O) groups is 2. The van der Waals surface area contributed by atoms with Crippen LogP contribution in [-0.2, 0) is 9.59 Å². The van der Waals surface area contributed by atoms with Gasteiger partial charge in [-0.2, -0.15) is 0 Å². The van der Waals surface area contributed by atoms with E-state index in [-0.39, 0.29) is 11.8 Å². The Morgan fingerprint density at radius 2 is 2.14 bits per heavy atom. The monoisotopic (exact) mass is 332 g/mol. The van der Waals surface area contributed by atoms with Crippen LogP contribution in [0.2, 0.25) is 0 Å². The van der Waals surface area contributed by atoms with Gasteiger partial charge >= 0.3 is 0 Å². The standard InChI is InChI=1S/C16H16N2O2S2/c1-2-3-8-18-15(20)13(22-16(18)21)9-11-10-6-4-5-7-12(10)17-14(11)19/h4-7,9,11H,2-3,8H2,1H3,(H,17,19)/b13-9-/t11-/m0/s1. The molecule has 0 aliphatic carbocycles. The molecule has 0 aromatic heterocycles. The summed E-state index contributed by atoms with van der Waals surface area (Å²) in [5.74, 6) is -0.600. The summed E-state index contributed by atoms with van der Waals surface area (Å²) in [6.45, 7) is 2.72. The van der Waals surface area contributed by atoms with Crippen molar-refractivity contribution >= 4 is 45.8 Å². The Morgan fingerprint density at radius 3 is 2.91 bits per heavy atom. The van der Waals surface area contributed by atoms with Crippen LogP contribution < -0.4 is 5.32 Å². The van der Waals surface area contributed by atoms with E-state index >= 15 is 0 Å². The lowest BCUT2D eigenvalue weighted by Gasteiger charge is -2.13. The maximum atomic E-state index is 12.4. The normalized spacial score (nSPS) is 22.4.